The van der Waals surface area contributed by atoms with Crippen molar-refractivity contribution in [1.82, 2.24) is 9.47 Å². The average Bonchev–Trinajstić information content (AvgIpc) is 2.99. The third-order valence-corrected chi connectivity index (χ3v) is 5.86. The first-order valence-electron chi connectivity index (χ1n) is 8.95. The highest BCUT2D eigenvalue weighted by Gasteiger charge is 2.50. The molecule has 0 saturated heterocycles. The van der Waals surface area contributed by atoms with Gasteiger partial charge in [0.25, 0.3) is 5.91 Å². The summed E-state index contributed by atoms with van der Waals surface area (Å²) in [6.07, 6.45) is -0.0394. The molecule has 6 heteroatoms. The maximum atomic E-state index is 13.2. The Labute approximate surface area is 167 Å². The fraction of sp³-hybridized carbons (Fsp3) is 0.227. The summed E-state index contributed by atoms with van der Waals surface area (Å²) in [6, 6.07) is 14.1. The molecule has 2 heterocycles. The number of amides is 2. The van der Waals surface area contributed by atoms with E-state index >= 15 is 0 Å². The largest absolute Gasteiger partial charge is 0.346 e. The summed E-state index contributed by atoms with van der Waals surface area (Å²) in [6.45, 7) is 1.74. The summed E-state index contributed by atoms with van der Waals surface area (Å²) < 4.78 is 1.86. The van der Waals surface area contributed by atoms with Gasteiger partial charge in [-0.05, 0) is 37.3 Å². The van der Waals surface area contributed by atoms with Crippen molar-refractivity contribution in [2.24, 2.45) is 7.05 Å². The van der Waals surface area contributed by atoms with E-state index in [1.54, 1.807) is 31.2 Å². The zero-order valence-corrected chi connectivity index (χ0v) is 16.6. The number of carbonyl (C=O) groups excluding carboxylic acids is 3. The highest BCUT2D eigenvalue weighted by Crippen LogP contribution is 2.42. The lowest BCUT2D eigenvalue weighted by Crippen LogP contribution is -2.52. The van der Waals surface area contributed by atoms with Crippen LogP contribution in [0.1, 0.15) is 39.8 Å². The van der Waals surface area contributed by atoms with Crippen LogP contribution >= 0.6 is 11.6 Å². The van der Waals surface area contributed by atoms with Gasteiger partial charge in [0.05, 0.1) is 11.0 Å². The lowest BCUT2D eigenvalue weighted by atomic mass is 9.75. The van der Waals surface area contributed by atoms with Crippen LogP contribution in [0, 0.1) is 0 Å². The van der Waals surface area contributed by atoms with Crippen LogP contribution in [-0.2, 0) is 17.3 Å². The van der Waals surface area contributed by atoms with Gasteiger partial charge in [-0.25, -0.2) is 0 Å². The van der Waals surface area contributed by atoms with Gasteiger partial charge in [0.15, 0.2) is 5.78 Å². The van der Waals surface area contributed by atoms with Crippen molar-refractivity contribution in [1.29, 1.82) is 0 Å². The number of Topliss-reactive ketones (excluding diaryl/α,β-unsaturated/α-hetero) is 1. The van der Waals surface area contributed by atoms with E-state index in [0.29, 0.717) is 21.8 Å². The lowest BCUT2D eigenvalue weighted by Gasteiger charge is -2.37. The number of hydrogen-bond donors (Lipinski definition) is 0. The summed E-state index contributed by atoms with van der Waals surface area (Å²) in [5, 5.41) is 1.33. The fourth-order valence-corrected chi connectivity index (χ4v) is 4.33. The van der Waals surface area contributed by atoms with E-state index < -0.39 is 5.41 Å². The monoisotopic (exact) mass is 394 g/mol. The quantitative estimate of drug-likeness (QED) is 0.498. The van der Waals surface area contributed by atoms with Crippen molar-refractivity contribution in [3.8, 4) is 0 Å². The number of rotatable bonds is 3. The number of imide groups is 1. The second-order valence-electron chi connectivity index (χ2n) is 7.41. The molecule has 4 rings (SSSR count). The van der Waals surface area contributed by atoms with E-state index in [2.05, 4.69) is 0 Å². The molecule has 1 unspecified atom stereocenters. The molecule has 5 nitrogen and oxygen atoms in total. The molecule has 142 valence electrons. The normalized spacial score (nSPS) is 19.2. The molecule has 3 aromatic rings. The molecule has 0 radical (unpaired) electrons. The number of benzene rings is 2. The van der Waals surface area contributed by atoms with E-state index in [0.717, 1.165) is 15.8 Å². The second kappa shape index (κ2) is 6.31. The predicted molar refractivity (Wildman–Crippen MR) is 108 cm³/mol. The van der Waals surface area contributed by atoms with Crippen LogP contribution in [0.4, 0.5) is 0 Å². The number of halogens is 1. The first kappa shape index (κ1) is 18.4. The molecule has 2 aromatic carbocycles. The Morgan fingerprint density at radius 1 is 1.04 bits per heavy atom. The Morgan fingerprint density at radius 3 is 2.36 bits per heavy atom. The summed E-state index contributed by atoms with van der Waals surface area (Å²) >= 11 is 5.91. The van der Waals surface area contributed by atoms with Gasteiger partial charge in [-0.1, -0.05) is 29.8 Å². The van der Waals surface area contributed by atoms with E-state index in [4.69, 9.17) is 11.6 Å². The van der Waals surface area contributed by atoms with Crippen molar-refractivity contribution >= 4 is 40.1 Å². The van der Waals surface area contributed by atoms with Crippen LogP contribution < -0.4 is 0 Å². The standard InChI is InChI=1S/C22H19ClN2O3/c1-22(12-17(26)13-8-10-14(23)11-9-13)19-18(20(27)25(3)21(22)28)15-6-4-5-7-16(15)24(19)2/h4-11H,12H2,1-3H3. The number of hydrogen-bond acceptors (Lipinski definition) is 3. The Hall–Kier alpha value is -2.92. The van der Waals surface area contributed by atoms with Gasteiger partial charge >= 0.3 is 0 Å². The molecule has 1 aliphatic rings. The van der Waals surface area contributed by atoms with E-state index in [-0.39, 0.29) is 24.0 Å². The van der Waals surface area contributed by atoms with Crippen molar-refractivity contribution in [2.45, 2.75) is 18.8 Å². The molecular formula is C22H19ClN2O3. The van der Waals surface area contributed by atoms with Gasteiger partial charge in [-0.3, -0.25) is 19.3 Å². The van der Waals surface area contributed by atoms with Gasteiger partial charge in [-0.15, -0.1) is 0 Å². The first-order chi connectivity index (χ1) is 13.3. The van der Waals surface area contributed by atoms with Crippen molar-refractivity contribution in [2.75, 3.05) is 7.05 Å². The molecule has 28 heavy (non-hydrogen) atoms. The summed E-state index contributed by atoms with van der Waals surface area (Å²) in [5.74, 6) is -0.891. The van der Waals surface area contributed by atoms with Crippen molar-refractivity contribution in [3.63, 3.8) is 0 Å². The summed E-state index contributed by atoms with van der Waals surface area (Å²) in [7, 11) is 3.30. The lowest BCUT2D eigenvalue weighted by molar-refractivity contribution is -0.133. The predicted octanol–water partition coefficient (Wildman–Crippen LogP) is 3.97. The molecule has 0 fully saturated rings. The number of carbonyl (C=O) groups is 3. The number of ketones is 1. The van der Waals surface area contributed by atoms with Crippen LogP contribution in [-0.4, -0.2) is 34.1 Å². The minimum atomic E-state index is -1.15. The maximum absolute atomic E-state index is 13.2. The number of nitrogens with zero attached hydrogens (tertiary/aromatic N) is 2. The Morgan fingerprint density at radius 2 is 1.68 bits per heavy atom. The highest BCUT2D eigenvalue weighted by molar-refractivity contribution is 6.30. The molecule has 0 spiro atoms. The van der Waals surface area contributed by atoms with Gasteiger partial charge in [0, 0.05) is 47.7 Å². The SMILES string of the molecule is CN1C(=O)c2c(n(C)c3ccccc23)C(C)(CC(=O)c2ccc(Cl)cc2)C1=O. The zero-order valence-electron chi connectivity index (χ0n) is 15.8. The van der Waals surface area contributed by atoms with E-state index in [1.807, 2.05) is 35.9 Å². The van der Waals surface area contributed by atoms with Crippen LogP contribution in [0.25, 0.3) is 10.9 Å². The van der Waals surface area contributed by atoms with E-state index in [1.165, 1.54) is 7.05 Å². The zero-order chi connectivity index (χ0) is 20.2. The van der Waals surface area contributed by atoms with Crippen LogP contribution in [0.2, 0.25) is 5.02 Å². The topological polar surface area (TPSA) is 59.4 Å². The van der Waals surface area contributed by atoms with Crippen LogP contribution in [0.15, 0.2) is 48.5 Å². The number of fused-ring (bicyclic) bond motifs is 3. The smallest absolute Gasteiger partial charge is 0.262 e. The third kappa shape index (κ3) is 2.50. The average molecular weight is 395 g/mol. The molecule has 1 aromatic heterocycles. The first-order valence-corrected chi connectivity index (χ1v) is 9.32. The molecule has 1 atom stereocenters. The van der Waals surface area contributed by atoms with Crippen molar-refractivity contribution in [3.05, 3.63) is 70.4 Å². The Bertz CT molecular complexity index is 1150. The van der Waals surface area contributed by atoms with Crippen LogP contribution in [0.5, 0.6) is 0 Å². The summed E-state index contributed by atoms with van der Waals surface area (Å²) in [4.78, 5) is 40.2. The van der Waals surface area contributed by atoms with Gasteiger partial charge in [0.2, 0.25) is 5.91 Å². The minimum absolute atomic E-state index is 0.0394. The molecule has 0 N–H and O–H groups in total. The van der Waals surface area contributed by atoms with Crippen LogP contribution in [0.3, 0.4) is 0 Å². The molecule has 2 amide bonds. The van der Waals surface area contributed by atoms with Crippen molar-refractivity contribution < 1.29 is 14.4 Å². The molecule has 0 aliphatic carbocycles. The van der Waals surface area contributed by atoms with Gasteiger partial charge < -0.3 is 4.57 Å². The number of aryl methyl sites for hydroxylation is 1. The number of likely N-dealkylation sites (N-methyl/N-ethyl adjacent to an activating group) is 1. The highest BCUT2D eigenvalue weighted by atomic mass is 35.5. The Kier molecular flexibility index (Phi) is 4.16. The Balaban J connectivity index is 1.90. The van der Waals surface area contributed by atoms with E-state index in [9.17, 15) is 14.4 Å². The fourth-order valence-electron chi connectivity index (χ4n) is 4.21. The second-order valence-corrected chi connectivity index (χ2v) is 7.84. The molecule has 0 bridgehead atoms. The maximum Gasteiger partial charge on any atom is 0.262 e. The number of para-hydroxylation sites is 1. The third-order valence-electron chi connectivity index (χ3n) is 5.61. The number of aromatic nitrogens is 1. The minimum Gasteiger partial charge on any atom is -0.346 e. The molecular weight excluding hydrogens is 376 g/mol. The summed E-state index contributed by atoms with van der Waals surface area (Å²) in [5.41, 5.74) is 1.27. The van der Waals surface area contributed by atoms with Gasteiger partial charge in [0.1, 0.15) is 0 Å². The molecule has 1 aliphatic heterocycles. The molecule has 0 saturated carbocycles. The van der Waals surface area contributed by atoms with Gasteiger partial charge in [-0.2, -0.15) is 0 Å².